The Hall–Kier alpha value is -2.32. The largest absolute Gasteiger partial charge is 0.464 e. The zero-order chi connectivity index (χ0) is 18.5. The number of benzene rings is 1. The van der Waals surface area contributed by atoms with Crippen molar-refractivity contribution in [3.63, 3.8) is 0 Å². The Morgan fingerprint density at radius 1 is 1.27 bits per heavy atom. The summed E-state index contributed by atoms with van der Waals surface area (Å²) < 4.78 is 12.8. The molecule has 9 heteroatoms. The Morgan fingerprint density at radius 3 is 3.07 bits per heavy atom. The number of furan rings is 1. The normalized spacial score (nSPS) is 17.9. The summed E-state index contributed by atoms with van der Waals surface area (Å²) in [6.45, 7) is 4.13. The number of hydrogen-bond acceptors (Lipinski definition) is 7. The van der Waals surface area contributed by atoms with Crippen LogP contribution in [-0.4, -0.2) is 34.5 Å². The van der Waals surface area contributed by atoms with Crippen LogP contribution in [0.25, 0.3) is 21.3 Å². The molecule has 0 bridgehead atoms. The molecule has 0 spiro atoms. The summed E-state index contributed by atoms with van der Waals surface area (Å²) >= 11 is 1.49. The second kappa shape index (κ2) is 8.43. The van der Waals surface area contributed by atoms with Gasteiger partial charge in [-0.15, -0.1) is 24.8 Å². The van der Waals surface area contributed by atoms with Crippen LogP contribution in [0.5, 0.6) is 10.9 Å². The van der Waals surface area contributed by atoms with E-state index >= 15 is 0 Å². The molecule has 5 heterocycles. The highest BCUT2D eigenvalue weighted by Gasteiger charge is 2.30. The van der Waals surface area contributed by atoms with E-state index in [1.54, 1.807) is 6.20 Å². The molecule has 156 valence electrons. The number of thiazole rings is 1. The van der Waals surface area contributed by atoms with Crippen LogP contribution in [0.3, 0.4) is 0 Å². The predicted molar refractivity (Wildman–Crippen MR) is 123 cm³/mol. The number of ether oxygens (including phenoxy) is 1. The van der Waals surface area contributed by atoms with Gasteiger partial charge in [0.2, 0.25) is 0 Å². The standard InChI is InChI=1S/C21H18N4O2S.2ClH/c1-2-19-20(23-5-1)24-21(28-19)27-16-3-4-17-15(12-26-18(17)6-16)11-25-9-13-7-22-8-14(13)10-25;;/h1-7,12,14,22H,8-11H2;2*1H. The lowest BCUT2D eigenvalue weighted by molar-refractivity contribution is 0.315. The number of rotatable bonds is 4. The number of pyridine rings is 1. The van der Waals surface area contributed by atoms with Crippen molar-refractivity contribution in [1.29, 1.82) is 0 Å². The van der Waals surface area contributed by atoms with Crippen LogP contribution in [0.4, 0.5) is 0 Å². The number of halogens is 2. The molecule has 0 saturated carbocycles. The molecular weight excluding hydrogens is 443 g/mol. The van der Waals surface area contributed by atoms with Gasteiger partial charge in [0.05, 0.1) is 11.0 Å². The first-order valence-corrected chi connectivity index (χ1v) is 10.2. The Labute approximate surface area is 189 Å². The topological polar surface area (TPSA) is 63.4 Å². The van der Waals surface area contributed by atoms with Gasteiger partial charge in [0, 0.05) is 55.3 Å². The zero-order valence-corrected chi connectivity index (χ0v) is 18.4. The fraction of sp³-hybridized carbons (Fsp3) is 0.238. The maximum atomic E-state index is 5.95. The third kappa shape index (κ3) is 3.74. The molecule has 30 heavy (non-hydrogen) atoms. The number of hydrogen-bond donors (Lipinski definition) is 1. The average molecular weight is 463 g/mol. The molecule has 1 unspecified atom stereocenters. The Bertz CT molecular complexity index is 1190. The molecule has 4 aromatic rings. The highest BCUT2D eigenvalue weighted by Crippen LogP contribution is 2.34. The lowest BCUT2D eigenvalue weighted by Gasteiger charge is -2.14. The predicted octanol–water partition coefficient (Wildman–Crippen LogP) is 4.99. The number of nitrogens with zero attached hydrogens (tertiary/aromatic N) is 3. The summed E-state index contributed by atoms with van der Waals surface area (Å²) in [5.41, 5.74) is 4.30. The lowest BCUT2D eigenvalue weighted by atomic mass is 10.1. The monoisotopic (exact) mass is 462 g/mol. The van der Waals surface area contributed by atoms with Crippen LogP contribution in [0.15, 0.2) is 59.0 Å². The van der Waals surface area contributed by atoms with Gasteiger partial charge >= 0.3 is 0 Å². The summed E-state index contributed by atoms with van der Waals surface area (Å²) in [4.78, 5) is 11.2. The van der Waals surface area contributed by atoms with Gasteiger partial charge in [-0.05, 0) is 36.0 Å². The molecule has 1 atom stereocenters. The van der Waals surface area contributed by atoms with Crippen molar-refractivity contribution < 1.29 is 9.15 Å². The van der Waals surface area contributed by atoms with Crippen LogP contribution >= 0.6 is 36.2 Å². The summed E-state index contributed by atoms with van der Waals surface area (Å²) in [6.07, 6.45) is 5.79. The molecule has 1 saturated heterocycles. The summed E-state index contributed by atoms with van der Waals surface area (Å²) in [5, 5.41) is 5.07. The van der Waals surface area contributed by atoms with Crippen molar-refractivity contribution in [2.24, 2.45) is 5.92 Å². The van der Waals surface area contributed by atoms with Gasteiger partial charge in [-0.1, -0.05) is 11.3 Å². The molecule has 1 N–H and O–H groups in total. The van der Waals surface area contributed by atoms with E-state index in [2.05, 4.69) is 32.5 Å². The third-order valence-corrected chi connectivity index (χ3v) is 6.32. The van der Waals surface area contributed by atoms with Gasteiger partial charge in [0.25, 0.3) is 5.19 Å². The van der Waals surface area contributed by atoms with E-state index in [9.17, 15) is 0 Å². The van der Waals surface area contributed by atoms with E-state index in [0.29, 0.717) is 16.8 Å². The maximum absolute atomic E-state index is 5.95. The first-order chi connectivity index (χ1) is 13.8. The fourth-order valence-corrected chi connectivity index (χ4v) is 4.87. The second-order valence-corrected chi connectivity index (χ2v) is 8.31. The van der Waals surface area contributed by atoms with E-state index in [-0.39, 0.29) is 24.8 Å². The summed E-state index contributed by atoms with van der Waals surface area (Å²) in [6, 6.07) is 9.89. The van der Waals surface area contributed by atoms with Gasteiger partial charge in [-0.3, -0.25) is 4.90 Å². The fourth-order valence-electron chi connectivity index (χ4n) is 4.08. The van der Waals surface area contributed by atoms with Gasteiger partial charge in [-0.25, -0.2) is 4.98 Å². The van der Waals surface area contributed by atoms with Crippen molar-refractivity contribution in [2.75, 3.05) is 19.6 Å². The molecule has 1 fully saturated rings. The van der Waals surface area contributed by atoms with Crippen molar-refractivity contribution in [3.05, 3.63) is 60.1 Å². The van der Waals surface area contributed by atoms with Crippen molar-refractivity contribution in [1.82, 2.24) is 20.2 Å². The van der Waals surface area contributed by atoms with Gasteiger partial charge in [0.15, 0.2) is 5.65 Å². The van der Waals surface area contributed by atoms with E-state index in [1.165, 1.54) is 22.5 Å². The minimum Gasteiger partial charge on any atom is -0.464 e. The first kappa shape index (κ1) is 20.9. The van der Waals surface area contributed by atoms with E-state index < -0.39 is 0 Å². The Kier molecular flexibility index (Phi) is 5.88. The van der Waals surface area contributed by atoms with Crippen molar-refractivity contribution >= 4 is 57.5 Å². The molecule has 6 rings (SSSR count). The zero-order valence-electron chi connectivity index (χ0n) is 15.9. The number of fused-ring (bicyclic) bond motifs is 3. The number of aromatic nitrogens is 2. The average Bonchev–Trinajstić information content (AvgIpc) is 3.44. The van der Waals surface area contributed by atoms with E-state index in [1.807, 2.05) is 30.5 Å². The van der Waals surface area contributed by atoms with Crippen LogP contribution in [0.2, 0.25) is 0 Å². The van der Waals surface area contributed by atoms with E-state index in [0.717, 1.165) is 47.6 Å². The lowest BCUT2D eigenvalue weighted by Crippen LogP contribution is -2.23. The molecule has 2 aliphatic rings. The molecule has 3 aromatic heterocycles. The molecule has 0 aliphatic carbocycles. The Balaban J connectivity index is 0.00000109. The smallest absolute Gasteiger partial charge is 0.281 e. The summed E-state index contributed by atoms with van der Waals surface area (Å²) in [5.74, 6) is 1.39. The molecule has 0 radical (unpaired) electrons. The first-order valence-electron chi connectivity index (χ1n) is 9.36. The minimum absolute atomic E-state index is 0. The summed E-state index contributed by atoms with van der Waals surface area (Å²) in [7, 11) is 0. The maximum Gasteiger partial charge on any atom is 0.281 e. The third-order valence-electron chi connectivity index (χ3n) is 5.43. The molecule has 6 nitrogen and oxygen atoms in total. The van der Waals surface area contributed by atoms with Crippen LogP contribution in [0.1, 0.15) is 5.56 Å². The Morgan fingerprint density at radius 2 is 2.20 bits per heavy atom. The molecule has 0 amide bonds. The van der Waals surface area contributed by atoms with E-state index in [4.69, 9.17) is 9.15 Å². The minimum atomic E-state index is 0. The highest BCUT2D eigenvalue weighted by atomic mass is 35.5. The molecular formula is C21H20Cl2N4O2S. The van der Waals surface area contributed by atoms with Crippen LogP contribution in [0, 0.1) is 5.92 Å². The molecule has 2 aliphatic heterocycles. The molecule has 1 aromatic carbocycles. The quantitative estimate of drug-likeness (QED) is 0.460. The number of likely N-dealkylation sites (tertiary alicyclic amines) is 1. The SMILES string of the molecule is C1=C2CN(Cc3coc4cc(Oc5nc6ncccc6s5)ccc34)CC2CN1.Cl.Cl. The second-order valence-electron chi connectivity index (χ2n) is 7.32. The van der Waals surface area contributed by atoms with Crippen molar-refractivity contribution in [3.8, 4) is 10.9 Å². The number of nitrogens with one attached hydrogen (secondary N) is 1. The van der Waals surface area contributed by atoms with Gasteiger partial charge in [0.1, 0.15) is 11.3 Å². The van der Waals surface area contributed by atoms with Gasteiger partial charge in [-0.2, -0.15) is 4.98 Å². The van der Waals surface area contributed by atoms with Crippen LogP contribution < -0.4 is 10.1 Å². The van der Waals surface area contributed by atoms with Crippen LogP contribution in [-0.2, 0) is 6.54 Å². The van der Waals surface area contributed by atoms with Gasteiger partial charge < -0.3 is 14.5 Å². The highest BCUT2D eigenvalue weighted by molar-refractivity contribution is 7.20. The van der Waals surface area contributed by atoms with Crippen molar-refractivity contribution in [2.45, 2.75) is 6.54 Å².